The molecule has 0 N–H and O–H groups in total. The number of rotatable bonds is 10. The first-order valence-corrected chi connectivity index (χ1v) is 37.7. The van der Waals surface area contributed by atoms with Gasteiger partial charge in [-0.3, -0.25) is 0 Å². The van der Waals surface area contributed by atoms with E-state index in [9.17, 15) is 0 Å². The van der Waals surface area contributed by atoms with E-state index in [1.165, 1.54) is 10.9 Å². The molecule has 1 aliphatic heterocycles. The van der Waals surface area contributed by atoms with Crippen LogP contribution in [0.4, 0.5) is 0 Å². The monoisotopic (exact) mass is 1480 g/mol. The lowest BCUT2D eigenvalue weighted by atomic mass is 9.78. The van der Waals surface area contributed by atoms with Crippen LogP contribution < -0.4 is 5.46 Å². The molecule has 21 rings (SSSR count). The lowest BCUT2D eigenvalue weighted by Gasteiger charge is -2.32. The van der Waals surface area contributed by atoms with Crippen LogP contribution in [0.5, 0.6) is 0 Å². The van der Waals surface area contributed by atoms with Gasteiger partial charge in [0.2, 0.25) is 5.28 Å². The predicted octanol–water partition coefficient (Wildman–Crippen LogP) is 25.0. The minimum atomic E-state index is -0.412. The number of hydrogen-bond acceptors (Lipinski definition) is 12. The number of fused-ring (bicyclic) bond motifs is 12. The van der Waals surface area contributed by atoms with Crippen molar-refractivity contribution in [1.29, 1.82) is 0 Å². The highest BCUT2D eigenvalue weighted by atomic mass is 35.5. The smallest absolute Gasteiger partial charge is 0.456 e. The van der Waals surface area contributed by atoms with Crippen molar-refractivity contribution in [3.05, 3.63) is 352 Å². The van der Waals surface area contributed by atoms with Crippen molar-refractivity contribution in [1.82, 2.24) is 39.9 Å². The minimum absolute atomic E-state index is 0. The summed E-state index contributed by atoms with van der Waals surface area (Å²) in [7, 11) is -0.412. The maximum atomic E-state index is 6.55. The highest BCUT2D eigenvalue weighted by Crippen LogP contribution is 2.49. The van der Waals surface area contributed by atoms with E-state index in [0.29, 0.717) is 29.1 Å². The summed E-state index contributed by atoms with van der Waals surface area (Å²) in [6.45, 7) is 8.32. The molecule has 542 valence electrons. The SMILES string of the molecule is CC1(C)OB(c2ccc(-c3nc4ccccc4c4c(-c5ccccc5)c5c(cc34)oc3ccccc35)cc2)OC1(C)C.Clc1nc(-c2ccccc2)nc(-c2ccccc2)n1.[CH3-].c1ccc(-c2nc(-c3ccccc3)nc(-c3ccc(-c4nc5ccccc5c5c(-c6ccccc6)c6c(cc45)oc4ccccc46)cc3)n2)cc1. The second-order valence-corrected chi connectivity index (χ2v) is 29.1. The maximum absolute atomic E-state index is 6.55. The third-order valence-corrected chi connectivity index (χ3v) is 21.4. The highest BCUT2D eigenvalue weighted by molar-refractivity contribution is 6.62. The maximum Gasteiger partial charge on any atom is 0.494 e. The summed E-state index contributed by atoms with van der Waals surface area (Å²) in [5.74, 6) is 3.04. The zero-order valence-electron chi connectivity index (χ0n) is 62.5. The van der Waals surface area contributed by atoms with Gasteiger partial charge in [0.05, 0.1) is 33.6 Å². The third-order valence-electron chi connectivity index (χ3n) is 21.3. The Kier molecular flexibility index (Phi) is 18.6. The van der Waals surface area contributed by atoms with E-state index in [1.807, 2.05) is 146 Å². The van der Waals surface area contributed by atoms with Gasteiger partial charge in [-0.15, -0.1) is 0 Å². The van der Waals surface area contributed by atoms with E-state index in [2.05, 4.69) is 237 Å². The number of nitrogens with zero attached hydrogens (tertiary/aromatic N) is 8. The number of furan rings is 2. The largest absolute Gasteiger partial charge is 0.494 e. The summed E-state index contributed by atoms with van der Waals surface area (Å²) in [6.07, 6.45) is 0. The first-order chi connectivity index (χ1) is 54.9. The van der Waals surface area contributed by atoms with Gasteiger partial charge in [0.15, 0.2) is 29.1 Å². The number of benzene rings is 14. The number of para-hydroxylation sites is 4. The van der Waals surface area contributed by atoms with Crippen molar-refractivity contribution in [2.45, 2.75) is 38.9 Å². The van der Waals surface area contributed by atoms with Gasteiger partial charge < -0.3 is 25.6 Å². The van der Waals surface area contributed by atoms with E-state index < -0.39 is 18.3 Å². The topological polar surface area (TPSA) is 148 Å². The lowest BCUT2D eigenvalue weighted by molar-refractivity contribution is 0.00578. The molecular weight excluding hydrogens is 1410 g/mol. The van der Waals surface area contributed by atoms with Crippen LogP contribution in [-0.4, -0.2) is 58.2 Å². The van der Waals surface area contributed by atoms with Gasteiger partial charge in [0.1, 0.15) is 22.3 Å². The molecular formula is C99H71BClN8O4-. The molecule has 20 aromatic rings. The number of hydrogen-bond donors (Lipinski definition) is 0. The number of halogens is 1. The van der Waals surface area contributed by atoms with Crippen LogP contribution in [0.2, 0.25) is 5.28 Å². The molecule has 113 heavy (non-hydrogen) atoms. The van der Waals surface area contributed by atoms with Crippen molar-refractivity contribution in [3.8, 4) is 102 Å². The quantitative estimate of drug-likeness (QED) is 0.0729. The lowest BCUT2D eigenvalue weighted by Crippen LogP contribution is -2.41. The van der Waals surface area contributed by atoms with Crippen molar-refractivity contribution < 1.29 is 18.1 Å². The van der Waals surface area contributed by atoms with Crippen molar-refractivity contribution in [2.75, 3.05) is 0 Å². The Bertz CT molecular complexity index is 6810. The van der Waals surface area contributed by atoms with Gasteiger partial charge in [-0.05, 0) is 92.3 Å². The molecule has 0 spiro atoms. The molecule has 0 bridgehead atoms. The average molecular weight is 1480 g/mol. The fourth-order valence-electron chi connectivity index (χ4n) is 15.1. The zero-order valence-corrected chi connectivity index (χ0v) is 63.3. The summed E-state index contributed by atoms with van der Waals surface area (Å²) >= 11 is 5.99. The van der Waals surface area contributed by atoms with E-state index >= 15 is 0 Å². The van der Waals surface area contributed by atoms with E-state index in [4.69, 9.17) is 54.7 Å². The van der Waals surface area contributed by atoms with Gasteiger partial charge in [-0.25, -0.2) is 29.9 Å². The molecule has 14 aromatic carbocycles. The molecule has 1 fully saturated rings. The van der Waals surface area contributed by atoms with Gasteiger partial charge in [-0.1, -0.05) is 303 Å². The molecule has 0 unspecified atom stereocenters. The molecule has 1 saturated heterocycles. The molecule has 0 aliphatic carbocycles. The summed E-state index contributed by atoms with van der Waals surface area (Å²) < 4.78 is 25.7. The normalized spacial score (nSPS) is 13.0. The number of aromatic nitrogens is 8. The fraction of sp³-hybridized carbons (Fsp3) is 0.0606. The van der Waals surface area contributed by atoms with E-state index in [0.717, 1.165) is 154 Å². The summed E-state index contributed by atoms with van der Waals surface area (Å²) in [5, 5.41) is 11.3. The first kappa shape index (κ1) is 71.0. The van der Waals surface area contributed by atoms with Crippen LogP contribution >= 0.6 is 11.6 Å². The van der Waals surface area contributed by atoms with Crippen LogP contribution in [0, 0.1) is 7.43 Å². The second-order valence-electron chi connectivity index (χ2n) is 28.8. The second kappa shape index (κ2) is 29.6. The molecule has 0 saturated carbocycles. The standard InChI is InChI=1S/C46H28N4O.C37H30BNO3.C15H10ClN3.CH3/c1-4-14-29(15-5-1)40-41-34-20-10-12-22-37(34)47-43(36(41)28-39-42(40)35-21-11-13-23-38(35)51-39)30-24-26-33(27-25-30)46-49-44(31-16-6-2-7-17-31)48-45(50-46)32-18-8-3-9-19-32;1-36(2)37(3,4)42-38(41-36)25-20-18-24(19-21-25)35-28-22-31-34(27-15-9-11-17-30(27)40-31)32(23-12-6-5-7-13-23)33(28)26-14-8-10-16-29(26)39-35;16-15-18-13(11-7-3-1-4-8-11)17-14(19-15)12-9-5-2-6-10-12;/h1-28H;5-22H,1-4H3;1-10H;1H3/q;;;-1. The van der Waals surface area contributed by atoms with Crippen LogP contribution in [0.1, 0.15) is 27.7 Å². The van der Waals surface area contributed by atoms with Crippen molar-refractivity contribution in [2.24, 2.45) is 0 Å². The van der Waals surface area contributed by atoms with Gasteiger partial charge in [-0.2, -0.15) is 9.97 Å². The Morgan fingerprint density at radius 3 is 0.903 bits per heavy atom. The Balaban J connectivity index is 0.000000129. The molecule has 14 heteroatoms. The molecule has 6 aromatic heterocycles. The summed E-state index contributed by atoms with van der Waals surface area (Å²) in [5.41, 5.74) is 18.6. The van der Waals surface area contributed by atoms with Crippen LogP contribution in [-0.2, 0) is 9.31 Å². The van der Waals surface area contributed by atoms with E-state index in [1.54, 1.807) is 0 Å². The Morgan fingerprint density at radius 1 is 0.257 bits per heavy atom. The highest BCUT2D eigenvalue weighted by Gasteiger charge is 2.51. The Morgan fingerprint density at radius 2 is 0.540 bits per heavy atom. The predicted molar refractivity (Wildman–Crippen MR) is 462 cm³/mol. The molecule has 1 aliphatic rings. The van der Waals surface area contributed by atoms with Crippen molar-refractivity contribution in [3.63, 3.8) is 0 Å². The Labute approximate surface area is 658 Å². The third kappa shape index (κ3) is 13.4. The zero-order chi connectivity index (χ0) is 75.4. The molecule has 0 atom stereocenters. The van der Waals surface area contributed by atoms with E-state index in [-0.39, 0.29) is 12.7 Å². The van der Waals surface area contributed by atoms with Crippen LogP contribution in [0.25, 0.3) is 189 Å². The molecule has 12 nitrogen and oxygen atoms in total. The fourth-order valence-corrected chi connectivity index (χ4v) is 15.3. The average Bonchev–Trinajstić information content (AvgIpc) is 1.66. The van der Waals surface area contributed by atoms with Crippen LogP contribution in [0.15, 0.2) is 349 Å². The van der Waals surface area contributed by atoms with Crippen molar-refractivity contribution >= 4 is 111 Å². The molecule has 0 amide bonds. The first-order valence-electron chi connectivity index (χ1n) is 37.3. The van der Waals surface area contributed by atoms with Gasteiger partial charge >= 0.3 is 7.12 Å². The van der Waals surface area contributed by atoms with Gasteiger partial charge in [0, 0.05) is 104 Å². The number of pyridine rings is 2. The Hall–Kier alpha value is -13.7. The molecule has 7 heterocycles. The summed E-state index contributed by atoms with van der Waals surface area (Å²) in [4.78, 5) is 38.1. The minimum Gasteiger partial charge on any atom is -0.456 e. The van der Waals surface area contributed by atoms with Crippen LogP contribution in [0.3, 0.4) is 0 Å². The summed E-state index contributed by atoms with van der Waals surface area (Å²) in [6, 6.07) is 115. The van der Waals surface area contributed by atoms with Gasteiger partial charge in [0.25, 0.3) is 0 Å². The molecule has 0 radical (unpaired) electrons.